The molecule has 0 saturated carbocycles. The van der Waals surface area contributed by atoms with E-state index in [1.807, 2.05) is 20.8 Å². The Hall–Kier alpha value is -2.84. The molecule has 0 spiro atoms. The highest BCUT2D eigenvalue weighted by Gasteiger charge is 2.12. The molecule has 0 aliphatic rings. The van der Waals surface area contributed by atoms with Crippen molar-refractivity contribution in [3.8, 4) is 11.6 Å². The number of primary amides is 1. The Morgan fingerprint density at radius 2 is 1.68 bits per heavy atom. The first kappa shape index (κ1) is 19.2. The summed E-state index contributed by atoms with van der Waals surface area (Å²) in [6, 6.07) is 2.60. The van der Waals surface area contributed by atoms with Gasteiger partial charge in [0.1, 0.15) is 0 Å². The monoisotopic (exact) mass is 314 g/mol. The van der Waals surface area contributed by atoms with Gasteiger partial charge in [0.2, 0.25) is 5.91 Å². The molecule has 1 aromatic rings. The molecule has 1 heterocycles. The molecule has 122 valence electrons. The number of hydrogen-bond donors (Lipinski definition) is 3. The zero-order valence-electron chi connectivity index (χ0n) is 12.3. The smallest absolute Gasteiger partial charge is 0.449 e. The fourth-order valence-electron chi connectivity index (χ4n) is 1.04. The first-order valence-corrected chi connectivity index (χ1v) is 6.21. The van der Waals surface area contributed by atoms with Gasteiger partial charge >= 0.3 is 12.3 Å². The topological polar surface area (TPSA) is 149 Å². The Balaban J connectivity index is 0.000000472. The molecule has 0 saturated heterocycles. The van der Waals surface area contributed by atoms with Crippen LogP contribution in [0.25, 0.3) is 0 Å². The number of carbonyl (C=O) groups is 3. The number of carboxylic acid groups (broad SMARTS) is 2. The number of aromatic nitrogens is 1. The van der Waals surface area contributed by atoms with Crippen LogP contribution in [0.2, 0.25) is 0 Å². The van der Waals surface area contributed by atoms with E-state index in [9.17, 15) is 14.4 Å². The molecule has 0 aliphatic carbocycles. The van der Waals surface area contributed by atoms with Crippen LogP contribution in [0.15, 0.2) is 18.3 Å². The Bertz CT molecular complexity index is 496. The molecule has 0 aromatic carbocycles. The largest absolute Gasteiger partial charge is 0.512 e. The number of ether oxygens (including phenoxy) is 2. The first-order chi connectivity index (χ1) is 10.1. The minimum absolute atomic E-state index is 0.00926. The van der Waals surface area contributed by atoms with Crippen molar-refractivity contribution in [3.63, 3.8) is 0 Å². The standard InChI is InChI=1S/C7H5NO6.C6H13NO/c9-6(10)13-4-2-1-3-8-5(4)14-7(11)12;1-4(2)5(3)6(7)8/h1-3H,(H,9,10)(H,11,12);4-5H,1-3H3,(H2,7,8). The van der Waals surface area contributed by atoms with Crippen LogP contribution in [0.4, 0.5) is 9.59 Å². The molecule has 1 unspecified atom stereocenters. The maximum absolute atomic E-state index is 10.4. The van der Waals surface area contributed by atoms with Gasteiger partial charge in [-0.3, -0.25) is 4.79 Å². The molecular weight excluding hydrogens is 296 g/mol. The van der Waals surface area contributed by atoms with Crippen molar-refractivity contribution in [1.82, 2.24) is 4.98 Å². The van der Waals surface area contributed by atoms with Gasteiger partial charge in [-0.05, 0) is 18.1 Å². The van der Waals surface area contributed by atoms with Crippen LogP contribution in [0.1, 0.15) is 20.8 Å². The van der Waals surface area contributed by atoms with Crippen LogP contribution in [0.3, 0.4) is 0 Å². The zero-order valence-corrected chi connectivity index (χ0v) is 12.3. The molecule has 0 radical (unpaired) electrons. The maximum atomic E-state index is 10.4. The van der Waals surface area contributed by atoms with E-state index in [0.717, 1.165) is 0 Å². The van der Waals surface area contributed by atoms with E-state index in [1.54, 1.807) is 0 Å². The Morgan fingerprint density at radius 1 is 1.14 bits per heavy atom. The predicted molar refractivity (Wildman–Crippen MR) is 74.7 cm³/mol. The number of nitrogens with two attached hydrogens (primary N) is 1. The third-order valence-corrected chi connectivity index (χ3v) is 2.57. The quantitative estimate of drug-likeness (QED) is 0.714. The summed E-state index contributed by atoms with van der Waals surface area (Å²) < 4.78 is 8.38. The highest BCUT2D eigenvalue weighted by molar-refractivity contribution is 5.76. The predicted octanol–water partition coefficient (Wildman–Crippen LogP) is 1.96. The molecule has 1 amide bonds. The van der Waals surface area contributed by atoms with Gasteiger partial charge < -0.3 is 25.4 Å². The van der Waals surface area contributed by atoms with E-state index in [2.05, 4.69) is 14.5 Å². The summed E-state index contributed by atoms with van der Waals surface area (Å²) in [5.74, 6) is -0.521. The van der Waals surface area contributed by atoms with Gasteiger partial charge in [-0.15, -0.1) is 0 Å². The molecule has 0 fully saturated rings. The fourth-order valence-corrected chi connectivity index (χ4v) is 1.04. The van der Waals surface area contributed by atoms with Crippen LogP contribution in [0, 0.1) is 11.8 Å². The molecule has 1 aromatic heterocycles. The average molecular weight is 314 g/mol. The minimum atomic E-state index is -1.60. The molecule has 9 heteroatoms. The summed E-state index contributed by atoms with van der Waals surface area (Å²) >= 11 is 0. The minimum Gasteiger partial charge on any atom is -0.449 e. The van der Waals surface area contributed by atoms with E-state index in [4.69, 9.17) is 15.9 Å². The summed E-state index contributed by atoms with van der Waals surface area (Å²) in [6.07, 6.45) is -1.93. The second kappa shape index (κ2) is 9.16. The van der Waals surface area contributed by atoms with Gasteiger partial charge in [0.25, 0.3) is 5.88 Å². The van der Waals surface area contributed by atoms with Crippen molar-refractivity contribution in [2.24, 2.45) is 17.6 Å². The second-order valence-electron chi connectivity index (χ2n) is 4.48. The molecule has 4 N–H and O–H groups in total. The summed E-state index contributed by atoms with van der Waals surface area (Å²) in [5.41, 5.74) is 5.00. The van der Waals surface area contributed by atoms with Gasteiger partial charge in [-0.25, -0.2) is 14.6 Å². The van der Waals surface area contributed by atoms with Crippen molar-refractivity contribution in [3.05, 3.63) is 18.3 Å². The van der Waals surface area contributed by atoms with Gasteiger partial charge in [-0.1, -0.05) is 20.8 Å². The number of rotatable bonds is 4. The van der Waals surface area contributed by atoms with Gasteiger partial charge in [0.05, 0.1) is 0 Å². The number of pyridine rings is 1. The molecule has 0 aliphatic heterocycles. The Kier molecular flexibility index (Phi) is 7.98. The highest BCUT2D eigenvalue weighted by Crippen LogP contribution is 2.23. The van der Waals surface area contributed by atoms with E-state index in [0.29, 0.717) is 5.92 Å². The Labute approximate surface area is 126 Å². The summed E-state index contributed by atoms with van der Waals surface area (Å²) in [5, 5.41) is 16.5. The summed E-state index contributed by atoms with van der Waals surface area (Å²) in [7, 11) is 0. The first-order valence-electron chi connectivity index (χ1n) is 6.21. The number of carbonyl (C=O) groups excluding carboxylic acids is 1. The lowest BCUT2D eigenvalue weighted by atomic mass is 9.98. The van der Waals surface area contributed by atoms with Gasteiger partial charge in [0, 0.05) is 12.1 Å². The molecule has 1 atom stereocenters. The van der Waals surface area contributed by atoms with Crippen LogP contribution in [0.5, 0.6) is 11.6 Å². The van der Waals surface area contributed by atoms with Crippen molar-refractivity contribution in [1.29, 1.82) is 0 Å². The molecular formula is C13H18N2O7. The lowest BCUT2D eigenvalue weighted by Gasteiger charge is -2.09. The molecule has 9 nitrogen and oxygen atoms in total. The van der Waals surface area contributed by atoms with Crippen LogP contribution in [-0.2, 0) is 4.79 Å². The van der Waals surface area contributed by atoms with E-state index >= 15 is 0 Å². The van der Waals surface area contributed by atoms with Gasteiger partial charge in [-0.2, -0.15) is 0 Å². The van der Waals surface area contributed by atoms with E-state index in [-0.39, 0.29) is 17.6 Å². The molecule has 1 rings (SSSR count). The normalized spacial score (nSPS) is 10.9. The third kappa shape index (κ3) is 7.68. The van der Waals surface area contributed by atoms with E-state index < -0.39 is 18.2 Å². The van der Waals surface area contributed by atoms with Gasteiger partial charge in [0.15, 0.2) is 5.75 Å². The highest BCUT2D eigenvalue weighted by atomic mass is 16.7. The summed E-state index contributed by atoms with van der Waals surface area (Å²) in [6.45, 7) is 5.80. The van der Waals surface area contributed by atoms with Crippen LogP contribution >= 0.6 is 0 Å². The number of nitrogens with zero attached hydrogens (tertiary/aromatic N) is 1. The SMILES string of the molecule is CC(C)C(C)C(N)=O.O=C(O)Oc1cccnc1OC(=O)O. The van der Waals surface area contributed by atoms with Crippen molar-refractivity contribution in [2.45, 2.75) is 20.8 Å². The molecule has 22 heavy (non-hydrogen) atoms. The number of amides is 1. The number of hydrogen-bond acceptors (Lipinski definition) is 6. The lowest BCUT2D eigenvalue weighted by Crippen LogP contribution is -2.24. The maximum Gasteiger partial charge on any atom is 0.512 e. The Morgan fingerprint density at radius 3 is 2.05 bits per heavy atom. The summed E-state index contributed by atoms with van der Waals surface area (Å²) in [4.78, 5) is 34.1. The zero-order chi connectivity index (χ0) is 17.3. The molecule has 0 bridgehead atoms. The van der Waals surface area contributed by atoms with Crippen LogP contribution < -0.4 is 15.2 Å². The third-order valence-electron chi connectivity index (χ3n) is 2.57. The van der Waals surface area contributed by atoms with Crippen LogP contribution in [-0.4, -0.2) is 33.4 Å². The van der Waals surface area contributed by atoms with Crippen molar-refractivity contribution < 1.29 is 34.1 Å². The second-order valence-corrected chi connectivity index (χ2v) is 4.48. The fraction of sp³-hybridized carbons (Fsp3) is 0.385. The van der Waals surface area contributed by atoms with Crippen molar-refractivity contribution in [2.75, 3.05) is 0 Å². The average Bonchev–Trinajstić information content (AvgIpc) is 2.39. The van der Waals surface area contributed by atoms with Crippen molar-refractivity contribution >= 4 is 18.2 Å². The lowest BCUT2D eigenvalue weighted by molar-refractivity contribution is -0.122. The van der Waals surface area contributed by atoms with E-state index in [1.165, 1.54) is 18.3 Å².